The van der Waals surface area contributed by atoms with E-state index in [2.05, 4.69) is 34.2 Å². The monoisotopic (exact) mass is 379 g/mol. The van der Waals surface area contributed by atoms with E-state index in [1.807, 2.05) is 47.4 Å². The number of H-pyrrole nitrogens is 1. The predicted molar refractivity (Wildman–Crippen MR) is 111 cm³/mol. The predicted octanol–water partition coefficient (Wildman–Crippen LogP) is 4.29. The molecule has 0 aliphatic carbocycles. The lowest BCUT2D eigenvalue weighted by Crippen LogP contribution is -2.48. The van der Waals surface area contributed by atoms with E-state index in [1.165, 1.54) is 5.56 Å². The van der Waals surface area contributed by atoms with Crippen molar-refractivity contribution in [1.82, 2.24) is 14.8 Å². The Morgan fingerprint density at radius 2 is 1.81 bits per heavy atom. The van der Waals surface area contributed by atoms with Crippen LogP contribution in [0.3, 0.4) is 0 Å². The van der Waals surface area contributed by atoms with Crippen LogP contribution in [0.5, 0.6) is 0 Å². The number of fused-ring (bicyclic) bond motifs is 1. The Kier molecular flexibility index (Phi) is 5.28. The summed E-state index contributed by atoms with van der Waals surface area (Å²) in [5, 5.41) is 1.67. The fraction of sp³-hybridized carbons (Fsp3) is 0.227. The van der Waals surface area contributed by atoms with Gasteiger partial charge in [-0.3, -0.25) is 9.69 Å². The van der Waals surface area contributed by atoms with Gasteiger partial charge in [-0.2, -0.15) is 0 Å². The van der Waals surface area contributed by atoms with Gasteiger partial charge in [0.05, 0.1) is 0 Å². The highest BCUT2D eigenvalue weighted by molar-refractivity contribution is 6.31. The van der Waals surface area contributed by atoms with Crippen molar-refractivity contribution in [3.05, 3.63) is 77.0 Å². The molecule has 1 amide bonds. The topological polar surface area (TPSA) is 39.3 Å². The van der Waals surface area contributed by atoms with Crippen molar-refractivity contribution >= 4 is 34.5 Å². The van der Waals surface area contributed by atoms with E-state index in [9.17, 15) is 4.79 Å². The molecule has 3 aromatic rings. The molecule has 2 aromatic carbocycles. The third kappa shape index (κ3) is 4.24. The SMILES string of the molecule is O=C(c1cc2ccc(Cl)cc2[nH]1)N1CCN(C/C=C/c2ccccc2)CC1. The molecule has 0 bridgehead atoms. The summed E-state index contributed by atoms with van der Waals surface area (Å²) < 4.78 is 0. The van der Waals surface area contributed by atoms with E-state index in [0.29, 0.717) is 10.7 Å². The quantitative estimate of drug-likeness (QED) is 0.734. The van der Waals surface area contributed by atoms with Gasteiger partial charge in [-0.25, -0.2) is 0 Å². The molecule has 1 aliphatic rings. The molecule has 5 heteroatoms. The van der Waals surface area contributed by atoms with Gasteiger partial charge < -0.3 is 9.88 Å². The molecule has 2 heterocycles. The highest BCUT2D eigenvalue weighted by Gasteiger charge is 2.22. The largest absolute Gasteiger partial charge is 0.350 e. The summed E-state index contributed by atoms with van der Waals surface area (Å²) in [6.45, 7) is 4.16. The number of rotatable bonds is 4. The Balaban J connectivity index is 1.33. The second-order valence-electron chi connectivity index (χ2n) is 6.82. The van der Waals surface area contributed by atoms with Gasteiger partial charge in [-0.1, -0.05) is 60.2 Å². The second kappa shape index (κ2) is 7.99. The number of aromatic nitrogens is 1. The Hall–Kier alpha value is -2.56. The first-order chi connectivity index (χ1) is 13.2. The summed E-state index contributed by atoms with van der Waals surface area (Å²) >= 11 is 6.03. The van der Waals surface area contributed by atoms with Gasteiger partial charge in [-0.05, 0) is 23.8 Å². The molecule has 4 nitrogen and oxygen atoms in total. The van der Waals surface area contributed by atoms with Crippen LogP contribution in [-0.2, 0) is 0 Å². The standard InChI is InChI=1S/C22H22ClN3O/c23-19-9-8-18-15-21(24-20(18)16-19)22(27)26-13-11-25(12-14-26)10-4-7-17-5-2-1-3-6-17/h1-9,15-16,24H,10-14H2/b7-4+. The lowest BCUT2D eigenvalue weighted by atomic mass is 10.2. The van der Waals surface area contributed by atoms with Crippen molar-refractivity contribution in [3.8, 4) is 0 Å². The molecule has 138 valence electrons. The number of amides is 1. The average Bonchev–Trinajstić information content (AvgIpc) is 3.12. The molecule has 1 fully saturated rings. The molecule has 1 aromatic heterocycles. The second-order valence-corrected chi connectivity index (χ2v) is 7.26. The lowest BCUT2D eigenvalue weighted by Gasteiger charge is -2.33. The Morgan fingerprint density at radius 1 is 1.04 bits per heavy atom. The maximum Gasteiger partial charge on any atom is 0.270 e. The first-order valence-electron chi connectivity index (χ1n) is 9.20. The number of benzene rings is 2. The Bertz CT molecular complexity index is 956. The number of piperazine rings is 1. The first-order valence-corrected chi connectivity index (χ1v) is 9.58. The fourth-order valence-corrected chi connectivity index (χ4v) is 3.59. The third-order valence-electron chi connectivity index (χ3n) is 4.95. The molecule has 27 heavy (non-hydrogen) atoms. The van der Waals surface area contributed by atoms with Crippen LogP contribution in [-0.4, -0.2) is 53.4 Å². The van der Waals surface area contributed by atoms with Crippen LogP contribution in [0.1, 0.15) is 16.1 Å². The zero-order chi connectivity index (χ0) is 18.6. The van der Waals surface area contributed by atoms with Crippen molar-refractivity contribution in [3.63, 3.8) is 0 Å². The van der Waals surface area contributed by atoms with Crippen LogP contribution in [0.25, 0.3) is 17.0 Å². The zero-order valence-electron chi connectivity index (χ0n) is 15.1. The molecule has 1 saturated heterocycles. The molecule has 0 atom stereocenters. The molecule has 0 saturated carbocycles. The van der Waals surface area contributed by atoms with Crippen molar-refractivity contribution < 1.29 is 4.79 Å². The van der Waals surface area contributed by atoms with E-state index in [1.54, 1.807) is 0 Å². The summed E-state index contributed by atoms with van der Waals surface area (Å²) in [5.41, 5.74) is 2.74. The van der Waals surface area contributed by atoms with Crippen LogP contribution in [0.4, 0.5) is 0 Å². The van der Waals surface area contributed by atoms with Crippen molar-refractivity contribution in [2.45, 2.75) is 0 Å². The lowest BCUT2D eigenvalue weighted by molar-refractivity contribution is 0.0645. The number of nitrogens with one attached hydrogen (secondary N) is 1. The van der Waals surface area contributed by atoms with Gasteiger partial charge in [0.15, 0.2) is 0 Å². The van der Waals surface area contributed by atoms with Gasteiger partial charge in [0.25, 0.3) is 5.91 Å². The zero-order valence-corrected chi connectivity index (χ0v) is 15.8. The number of halogens is 1. The number of carbonyl (C=O) groups is 1. The van der Waals surface area contributed by atoms with Gasteiger partial charge in [0.1, 0.15) is 5.69 Å². The van der Waals surface area contributed by atoms with Gasteiger partial charge >= 0.3 is 0 Å². The smallest absolute Gasteiger partial charge is 0.270 e. The number of aromatic amines is 1. The summed E-state index contributed by atoms with van der Waals surface area (Å²) in [6, 6.07) is 17.8. The number of nitrogens with zero attached hydrogens (tertiary/aromatic N) is 2. The normalized spacial score (nSPS) is 15.7. The Labute approximate surface area is 164 Å². The van der Waals surface area contributed by atoms with E-state index >= 15 is 0 Å². The summed E-state index contributed by atoms with van der Waals surface area (Å²) in [7, 11) is 0. The maximum absolute atomic E-state index is 12.8. The summed E-state index contributed by atoms with van der Waals surface area (Å²) in [4.78, 5) is 20.3. The third-order valence-corrected chi connectivity index (χ3v) is 5.18. The van der Waals surface area contributed by atoms with E-state index in [-0.39, 0.29) is 5.91 Å². The molecule has 1 N–H and O–H groups in total. The van der Waals surface area contributed by atoms with E-state index in [4.69, 9.17) is 11.6 Å². The molecule has 0 spiro atoms. The summed E-state index contributed by atoms with van der Waals surface area (Å²) in [6.07, 6.45) is 4.33. The van der Waals surface area contributed by atoms with Gasteiger partial charge in [0, 0.05) is 48.6 Å². The Morgan fingerprint density at radius 3 is 2.59 bits per heavy atom. The average molecular weight is 380 g/mol. The highest BCUT2D eigenvalue weighted by atomic mass is 35.5. The van der Waals surface area contributed by atoms with Crippen molar-refractivity contribution in [2.24, 2.45) is 0 Å². The molecule has 0 unspecified atom stereocenters. The van der Waals surface area contributed by atoms with Crippen LogP contribution in [0, 0.1) is 0 Å². The molecular formula is C22H22ClN3O. The van der Waals surface area contributed by atoms with Crippen LogP contribution in [0.2, 0.25) is 5.02 Å². The minimum absolute atomic E-state index is 0.0572. The van der Waals surface area contributed by atoms with E-state index in [0.717, 1.165) is 43.6 Å². The molecule has 4 rings (SSSR count). The van der Waals surface area contributed by atoms with Gasteiger partial charge in [-0.15, -0.1) is 0 Å². The van der Waals surface area contributed by atoms with Gasteiger partial charge in [0.2, 0.25) is 0 Å². The minimum atomic E-state index is 0.0572. The van der Waals surface area contributed by atoms with Crippen molar-refractivity contribution in [1.29, 1.82) is 0 Å². The first kappa shape index (κ1) is 17.8. The van der Waals surface area contributed by atoms with E-state index < -0.39 is 0 Å². The number of hydrogen-bond donors (Lipinski definition) is 1. The number of carbonyl (C=O) groups excluding carboxylic acids is 1. The molecule has 0 radical (unpaired) electrons. The van der Waals surface area contributed by atoms with Crippen LogP contribution < -0.4 is 0 Å². The maximum atomic E-state index is 12.8. The molecule has 1 aliphatic heterocycles. The minimum Gasteiger partial charge on any atom is -0.350 e. The summed E-state index contributed by atoms with van der Waals surface area (Å²) in [5.74, 6) is 0.0572. The van der Waals surface area contributed by atoms with Crippen LogP contribution in [0.15, 0.2) is 60.7 Å². The fourth-order valence-electron chi connectivity index (χ4n) is 3.42. The van der Waals surface area contributed by atoms with Crippen molar-refractivity contribution in [2.75, 3.05) is 32.7 Å². The van der Waals surface area contributed by atoms with Crippen LogP contribution >= 0.6 is 11.6 Å². The number of hydrogen-bond acceptors (Lipinski definition) is 2. The highest BCUT2D eigenvalue weighted by Crippen LogP contribution is 2.21. The molecular weight excluding hydrogens is 358 g/mol.